The zero-order chi connectivity index (χ0) is 20.2. The normalized spacial score (nSPS) is 14.6. The maximum absolute atomic E-state index is 12.5. The highest BCUT2D eigenvalue weighted by Gasteiger charge is 2.31. The average Bonchev–Trinajstić information content (AvgIpc) is 2.56. The molecule has 1 N–H and O–H groups in total. The minimum atomic E-state index is -4.85. The van der Waals surface area contributed by atoms with Crippen LogP contribution in [0, 0.1) is 0 Å². The van der Waals surface area contributed by atoms with Crippen LogP contribution >= 0.6 is 11.6 Å². The first kappa shape index (κ1) is 21.5. The fourth-order valence-electron chi connectivity index (χ4n) is 2.50. The molecule has 2 aromatic rings. The molecule has 0 fully saturated rings. The number of hydrogen-bond donors (Lipinski definition) is 1. The summed E-state index contributed by atoms with van der Waals surface area (Å²) in [5, 5.41) is 0.420. The van der Waals surface area contributed by atoms with E-state index >= 15 is 0 Å². The molecule has 0 unspecified atom stereocenters. The number of hydrogen-bond acceptors (Lipinski definition) is 4. The van der Waals surface area contributed by atoms with Crippen LogP contribution in [0.1, 0.15) is 18.6 Å². The number of rotatable bonds is 7. The predicted molar refractivity (Wildman–Crippen MR) is 94.1 cm³/mol. The fourth-order valence-corrected chi connectivity index (χ4v) is 3.99. The summed E-state index contributed by atoms with van der Waals surface area (Å²) in [5.41, 5.74) is 0.603. The molecule has 0 amide bonds. The summed E-state index contributed by atoms with van der Waals surface area (Å²) in [7, 11) is -2.59. The number of ether oxygens (including phenoxy) is 2. The van der Waals surface area contributed by atoms with Crippen LogP contribution in [-0.4, -0.2) is 27.9 Å². The molecule has 10 heteroatoms. The molecule has 0 saturated heterocycles. The largest absolute Gasteiger partial charge is 0.573 e. The van der Waals surface area contributed by atoms with Crippen molar-refractivity contribution >= 4 is 21.6 Å². The van der Waals surface area contributed by atoms with Gasteiger partial charge >= 0.3 is 6.36 Å². The first-order valence-electron chi connectivity index (χ1n) is 7.69. The summed E-state index contributed by atoms with van der Waals surface area (Å²) < 4.78 is 73.2. The lowest BCUT2D eigenvalue weighted by Gasteiger charge is -2.24. The van der Waals surface area contributed by atoms with Crippen molar-refractivity contribution in [1.82, 2.24) is 4.72 Å². The van der Waals surface area contributed by atoms with E-state index < -0.39 is 34.3 Å². The minimum Gasteiger partial charge on any atom is -0.406 e. The highest BCUT2D eigenvalue weighted by molar-refractivity contribution is 7.89. The molecule has 0 aliphatic heterocycles. The summed E-state index contributed by atoms with van der Waals surface area (Å²) in [6.07, 6.45) is -5.52. The van der Waals surface area contributed by atoms with Crippen LogP contribution < -0.4 is 9.46 Å². The molecule has 5 nitrogen and oxygen atoms in total. The van der Waals surface area contributed by atoms with Crippen LogP contribution in [0.25, 0.3) is 0 Å². The smallest absolute Gasteiger partial charge is 0.406 e. The second-order valence-corrected chi connectivity index (χ2v) is 7.73. The lowest BCUT2D eigenvalue weighted by atomic mass is 10.0. The Morgan fingerprint density at radius 2 is 1.67 bits per heavy atom. The first-order chi connectivity index (χ1) is 12.5. The Hall–Kier alpha value is -1.81. The summed E-state index contributed by atoms with van der Waals surface area (Å²) in [4.78, 5) is -0.210. The third kappa shape index (κ3) is 5.83. The van der Waals surface area contributed by atoms with Crippen molar-refractivity contribution in [2.45, 2.75) is 30.3 Å². The van der Waals surface area contributed by atoms with Crippen LogP contribution in [0.4, 0.5) is 13.2 Å². The van der Waals surface area contributed by atoms with Gasteiger partial charge in [0.25, 0.3) is 0 Å². The van der Waals surface area contributed by atoms with E-state index in [1.54, 1.807) is 31.2 Å². The second kappa shape index (κ2) is 8.47. The maximum atomic E-state index is 12.5. The molecule has 2 atom stereocenters. The third-order valence-corrected chi connectivity index (χ3v) is 5.55. The number of sulfonamides is 1. The van der Waals surface area contributed by atoms with E-state index in [0.717, 1.165) is 24.3 Å². The summed E-state index contributed by atoms with van der Waals surface area (Å²) >= 11 is 6.14. The number of methoxy groups -OCH3 is 1. The number of benzene rings is 2. The Bertz CT molecular complexity index is 872. The van der Waals surface area contributed by atoms with Gasteiger partial charge in [0.15, 0.2) is 0 Å². The standard InChI is InChI=1S/C17H17ClF3NO4S/c1-11(16(25-2)14-5-3-4-6-15(14)18)22-27(23,24)13-9-7-12(8-10-13)26-17(19,20)21/h3-11,16,22H,1-2H3/t11-,16+/m1/s1. The van der Waals surface area contributed by atoms with Gasteiger partial charge in [-0.15, -0.1) is 13.2 Å². The van der Waals surface area contributed by atoms with Gasteiger partial charge in [0.1, 0.15) is 5.75 Å². The van der Waals surface area contributed by atoms with Gasteiger partial charge in [0.05, 0.1) is 11.0 Å². The van der Waals surface area contributed by atoms with E-state index in [-0.39, 0.29) is 4.90 Å². The van der Waals surface area contributed by atoms with E-state index in [0.29, 0.717) is 10.6 Å². The lowest BCUT2D eigenvalue weighted by molar-refractivity contribution is -0.274. The summed E-state index contributed by atoms with van der Waals surface area (Å²) in [5.74, 6) is -0.514. The van der Waals surface area contributed by atoms with Crippen LogP contribution in [0.3, 0.4) is 0 Å². The summed E-state index contributed by atoms with van der Waals surface area (Å²) in [6, 6.07) is 10.0. The molecule has 2 aromatic carbocycles. The Labute approximate surface area is 160 Å². The molecule has 0 saturated carbocycles. The second-order valence-electron chi connectivity index (χ2n) is 5.61. The van der Waals surface area contributed by atoms with Gasteiger partial charge in [-0.25, -0.2) is 13.1 Å². The number of nitrogens with one attached hydrogen (secondary N) is 1. The topological polar surface area (TPSA) is 64.6 Å². The van der Waals surface area contributed by atoms with E-state index in [4.69, 9.17) is 16.3 Å². The van der Waals surface area contributed by atoms with Gasteiger partial charge in [-0.2, -0.15) is 0 Å². The highest BCUT2D eigenvalue weighted by atomic mass is 35.5. The van der Waals surface area contributed by atoms with E-state index in [1.807, 2.05) is 0 Å². The Balaban J connectivity index is 2.18. The van der Waals surface area contributed by atoms with Crippen LogP contribution in [0.15, 0.2) is 53.4 Å². The summed E-state index contributed by atoms with van der Waals surface area (Å²) in [6.45, 7) is 1.59. The SMILES string of the molecule is CO[C@H](c1ccccc1Cl)[C@@H](C)NS(=O)(=O)c1ccc(OC(F)(F)F)cc1. The predicted octanol–water partition coefficient (Wildman–Crippen LogP) is 4.29. The highest BCUT2D eigenvalue weighted by Crippen LogP contribution is 2.29. The maximum Gasteiger partial charge on any atom is 0.573 e. The molecule has 0 heterocycles. The van der Waals surface area contributed by atoms with Gasteiger partial charge in [0, 0.05) is 23.7 Å². The first-order valence-corrected chi connectivity index (χ1v) is 9.55. The molecule has 0 spiro atoms. The van der Waals surface area contributed by atoms with E-state index in [2.05, 4.69) is 9.46 Å². The Morgan fingerprint density at radius 1 is 1.07 bits per heavy atom. The van der Waals surface area contributed by atoms with Crippen LogP contribution in [0.5, 0.6) is 5.75 Å². The molecule has 0 aromatic heterocycles. The third-order valence-electron chi connectivity index (χ3n) is 3.63. The quantitative estimate of drug-likeness (QED) is 0.721. The van der Waals surface area contributed by atoms with Crippen molar-refractivity contribution in [2.24, 2.45) is 0 Å². The van der Waals surface area contributed by atoms with Crippen molar-refractivity contribution in [3.05, 3.63) is 59.1 Å². The average molecular weight is 424 g/mol. The van der Waals surface area contributed by atoms with Gasteiger partial charge < -0.3 is 9.47 Å². The van der Waals surface area contributed by atoms with Crippen LogP contribution in [0.2, 0.25) is 5.02 Å². The lowest BCUT2D eigenvalue weighted by Crippen LogP contribution is -2.37. The van der Waals surface area contributed by atoms with E-state index in [1.165, 1.54) is 7.11 Å². The number of halogens is 4. The molecule has 2 rings (SSSR count). The zero-order valence-electron chi connectivity index (χ0n) is 14.3. The molecule has 148 valence electrons. The zero-order valence-corrected chi connectivity index (χ0v) is 15.9. The Morgan fingerprint density at radius 3 is 2.19 bits per heavy atom. The molecular formula is C17H17ClF3NO4S. The molecule has 27 heavy (non-hydrogen) atoms. The van der Waals surface area contributed by atoms with Crippen molar-refractivity contribution in [2.75, 3.05) is 7.11 Å². The van der Waals surface area contributed by atoms with E-state index in [9.17, 15) is 21.6 Å². The molecular weight excluding hydrogens is 407 g/mol. The monoisotopic (exact) mass is 423 g/mol. The molecule has 0 bridgehead atoms. The molecule has 0 radical (unpaired) electrons. The number of alkyl halides is 3. The molecule has 0 aliphatic carbocycles. The van der Waals surface area contributed by atoms with Crippen LogP contribution in [-0.2, 0) is 14.8 Å². The molecule has 0 aliphatic rings. The Kier molecular flexibility index (Phi) is 6.74. The van der Waals surface area contributed by atoms with Crippen molar-refractivity contribution in [3.63, 3.8) is 0 Å². The van der Waals surface area contributed by atoms with Crippen molar-refractivity contribution < 1.29 is 31.1 Å². The van der Waals surface area contributed by atoms with Crippen molar-refractivity contribution in [1.29, 1.82) is 0 Å². The van der Waals surface area contributed by atoms with Crippen molar-refractivity contribution in [3.8, 4) is 5.75 Å². The fraction of sp³-hybridized carbons (Fsp3) is 0.294. The van der Waals surface area contributed by atoms with Gasteiger partial charge in [-0.05, 0) is 37.3 Å². The van der Waals surface area contributed by atoms with Gasteiger partial charge in [-0.3, -0.25) is 0 Å². The van der Waals surface area contributed by atoms with Gasteiger partial charge in [-0.1, -0.05) is 29.8 Å². The minimum absolute atomic E-state index is 0.210. The van der Waals surface area contributed by atoms with Gasteiger partial charge in [0.2, 0.25) is 10.0 Å².